The Balaban J connectivity index is 1.72. The van der Waals surface area contributed by atoms with Gasteiger partial charge in [-0.2, -0.15) is 0 Å². The Morgan fingerprint density at radius 2 is 1.85 bits per heavy atom. The first-order valence-corrected chi connectivity index (χ1v) is 7.99. The lowest BCUT2D eigenvalue weighted by Gasteiger charge is -2.36. The fraction of sp³-hybridized carbons (Fsp3) is 0.429. The molecule has 106 valence electrons. The molecule has 0 spiro atoms. The summed E-state index contributed by atoms with van der Waals surface area (Å²) in [6, 6.07) is 6.53. The van der Waals surface area contributed by atoms with Crippen LogP contribution in [0.25, 0.3) is 0 Å². The molecule has 1 aromatic heterocycles. The highest BCUT2D eigenvalue weighted by Gasteiger charge is 2.20. The second-order valence-electron chi connectivity index (χ2n) is 5.09. The maximum atomic E-state index is 5.10. The number of benzene rings is 1. The number of aromatic amines is 1. The molecule has 20 heavy (non-hydrogen) atoms. The molecule has 0 amide bonds. The molecule has 1 saturated heterocycles. The lowest BCUT2D eigenvalue weighted by Crippen LogP contribution is -2.46. The Hall–Kier alpha value is -1.40. The normalized spacial score (nSPS) is 15.7. The molecule has 6 heteroatoms. The van der Waals surface area contributed by atoms with Crippen molar-refractivity contribution in [2.45, 2.75) is 13.8 Å². The second kappa shape index (κ2) is 5.54. The molecule has 3 rings (SSSR count). The molecule has 2 aromatic rings. The summed E-state index contributed by atoms with van der Waals surface area (Å²) in [4.78, 5) is 4.77. The number of anilines is 2. The van der Waals surface area contributed by atoms with Gasteiger partial charge in [-0.1, -0.05) is 23.5 Å². The molecule has 1 aliphatic rings. The fourth-order valence-electron chi connectivity index (χ4n) is 2.57. The number of hydrogen-bond donors (Lipinski definition) is 1. The summed E-state index contributed by atoms with van der Waals surface area (Å²) >= 11 is 6.65. The number of aromatic nitrogens is 2. The maximum absolute atomic E-state index is 5.10. The van der Waals surface area contributed by atoms with Crippen LogP contribution in [0.4, 0.5) is 10.8 Å². The van der Waals surface area contributed by atoms with Crippen LogP contribution in [-0.4, -0.2) is 36.4 Å². The first-order valence-electron chi connectivity index (χ1n) is 6.77. The molecule has 0 atom stereocenters. The van der Waals surface area contributed by atoms with E-state index in [2.05, 4.69) is 52.0 Å². The molecule has 4 nitrogen and oxygen atoms in total. The molecule has 0 radical (unpaired) electrons. The highest BCUT2D eigenvalue weighted by atomic mass is 32.1. The van der Waals surface area contributed by atoms with Crippen LogP contribution in [0, 0.1) is 17.8 Å². The van der Waals surface area contributed by atoms with Gasteiger partial charge in [0.15, 0.2) is 3.95 Å². The molecule has 2 heterocycles. The van der Waals surface area contributed by atoms with E-state index in [4.69, 9.17) is 12.2 Å². The predicted octanol–water partition coefficient (Wildman–Crippen LogP) is 3.14. The Labute approximate surface area is 128 Å². The highest BCUT2D eigenvalue weighted by molar-refractivity contribution is 7.73. The van der Waals surface area contributed by atoms with E-state index in [0.717, 1.165) is 35.3 Å². The van der Waals surface area contributed by atoms with Gasteiger partial charge in [-0.3, -0.25) is 5.10 Å². The van der Waals surface area contributed by atoms with Gasteiger partial charge in [0, 0.05) is 31.9 Å². The molecular weight excluding hydrogens is 288 g/mol. The molecule has 0 bridgehead atoms. The molecule has 0 unspecified atom stereocenters. The van der Waals surface area contributed by atoms with Gasteiger partial charge in [0.2, 0.25) is 5.13 Å². The zero-order valence-corrected chi connectivity index (χ0v) is 13.4. The second-order valence-corrected chi connectivity index (χ2v) is 6.73. The quantitative estimate of drug-likeness (QED) is 0.865. The first-order chi connectivity index (χ1) is 9.65. The van der Waals surface area contributed by atoms with E-state index in [-0.39, 0.29) is 0 Å². The van der Waals surface area contributed by atoms with E-state index in [1.54, 1.807) is 11.3 Å². The summed E-state index contributed by atoms with van der Waals surface area (Å²) in [6.07, 6.45) is 0. The van der Waals surface area contributed by atoms with Gasteiger partial charge in [-0.05, 0) is 43.3 Å². The average Bonchev–Trinajstić information content (AvgIpc) is 2.89. The Morgan fingerprint density at radius 3 is 2.50 bits per heavy atom. The topological polar surface area (TPSA) is 35.2 Å². The lowest BCUT2D eigenvalue weighted by atomic mass is 10.1. The number of H-pyrrole nitrogens is 1. The highest BCUT2D eigenvalue weighted by Crippen LogP contribution is 2.25. The van der Waals surface area contributed by atoms with Crippen molar-refractivity contribution in [3.63, 3.8) is 0 Å². The van der Waals surface area contributed by atoms with Crippen LogP contribution in [0.15, 0.2) is 18.2 Å². The van der Waals surface area contributed by atoms with E-state index in [0.29, 0.717) is 0 Å². The zero-order valence-electron chi connectivity index (χ0n) is 11.7. The van der Waals surface area contributed by atoms with Gasteiger partial charge in [0.25, 0.3) is 0 Å². The monoisotopic (exact) mass is 306 g/mol. The van der Waals surface area contributed by atoms with Gasteiger partial charge >= 0.3 is 0 Å². The van der Waals surface area contributed by atoms with Gasteiger partial charge in [0.1, 0.15) is 0 Å². The largest absolute Gasteiger partial charge is 0.368 e. The third-order valence-corrected chi connectivity index (χ3v) is 5.04. The molecule has 1 fully saturated rings. The number of rotatable bonds is 2. The van der Waals surface area contributed by atoms with Crippen LogP contribution in [0.1, 0.15) is 11.1 Å². The van der Waals surface area contributed by atoms with E-state index in [9.17, 15) is 0 Å². The summed E-state index contributed by atoms with van der Waals surface area (Å²) in [6.45, 7) is 8.40. The van der Waals surface area contributed by atoms with E-state index in [1.807, 2.05) is 0 Å². The first kappa shape index (κ1) is 13.6. The Morgan fingerprint density at radius 1 is 1.15 bits per heavy atom. The Kier molecular flexibility index (Phi) is 3.76. The van der Waals surface area contributed by atoms with E-state index in [1.165, 1.54) is 16.8 Å². The van der Waals surface area contributed by atoms with Crippen LogP contribution in [0.2, 0.25) is 0 Å². The van der Waals surface area contributed by atoms with Gasteiger partial charge in [-0.25, -0.2) is 0 Å². The van der Waals surface area contributed by atoms with Crippen molar-refractivity contribution < 1.29 is 0 Å². The van der Waals surface area contributed by atoms with Crippen molar-refractivity contribution >= 4 is 34.4 Å². The maximum Gasteiger partial charge on any atom is 0.207 e. The summed E-state index contributed by atoms with van der Waals surface area (Å²) in [5.74, 6) is 0. The minimum atomic E-state index is 0.747. The SMILES string of the molecule is Cc1cccc(N2CCN(c3n[nH]c(=S)s3)CC2)c1C. The van der Waals surface area contributed by atoms with Crippen molar-refractivity contribution in [2.24, 2.45) is 0 Å². The van der Waals surface area contributed by atoms with Gasteiger partial charge in [-0.15, -0.1) is 5.10 Å². The van der Waals surface area contributed by atoms with Crippen LogP contribution in [0.5, 0.6) is 0 Å². The molecule has 1 N–H and O–H groups in total. The summed E-state index contributed by atoms with van der Waals surface area (Å²) in [7, 11) is 0. The van der Waals surface area contributed by atoms with Gasteiger partial charge < -0.3 is 9.80 Å². The summed E-state index contributed by atoms with van der Waals surface area (Å²) < 4.78 is 0.747. The molecule has 0 saturated carbocycles. The zero-order chi connectivity index (χ0) is 14.1. The Bertz CT molecular complexity index is 653. The predicted molar refractivity (Wildman–Crippen MR) is 87.6 cm³/mol. The van der Waals surface area contributed by atoms with Crippen molar-refractivity contribution in [2.75, 3.05) is 36.0 Å². The molecule has 1 aromatic carbocycles. The fourth-order valence-corrected chi connectivity index (χ4v) is 3.50. The average molecular weight is 306 g/mol. The number of piperazine rings is 1. The number of aryl methyl sites for hydroxylation is 1. The molecule has 0 aliphatic carbocycles. The lowest BCUT2D eigenvalue weighted by molar-refractivity contribution is 0.648. The molecule has 1 aliphatic heterocycles. The number of nitrogens with one attached hydrogen (secondary N) is 1. The van der Waals surface area contributed by atoms with Crippen LogP contribution in [0.3, 0.4) is 0 Å². The third-order valence-electron chi connectivity index (χ3n) is 3.89. The van der Waals surface area contributed by atoms with Crippen molar-refractivity contribution in [1.82, 2.24) is 10.2 Å². The van der Waals surface area contributed by atoms with Crippen LogP contribution < -0.4 is 9.80 Å². The minimum Gasteiger partial charge on any atom is -0.368 e. The van der Waals surface area contributed by atoms with Crippen LogP contribution >= 0.6 is 23.6 Å². The van der Waals surface area contributed by atoms with Crippen molar-refractivity contribution in [3.05, 3.63) is 33.3 Å². The smallest absolute Gasteiger partial charge is 0.207 e. The number of hydrogen-bond acceptors (Lipinski definition) is 5. The van der Waals surface area contributed by atoms with E-state index < -0.39 is 0 Å². The summed E-state index contributed by atoms with van der Waals surface area (Å²) in [5, 5.41) is 8.13. The number of nitrogens with zero attached hydrogens (tertiary/aromatic N) is 3. The van der Waals surface area contributed by atoms with Crippen molar-refractivity contribution in [3.8, 4) is 0 Å². The van der Waals surface area contributed by atoms with Crippen LogP contribution in [-0.2, 0) is 0 Å². The molecular formula is C14H18N4S2. The third kappa shape index (κ3) is 2.58. The summed E-state index contributed by atoms with van der Waals surface area (Å²) in [5.41, 5.74) is 4.10. The van der Waals surface area contributed by atoms with E-state index >= 15 is 0 Å². The minimum absolute atomic E-state index is 0.747. The standard InChI is InChI=1S/C14H18N4S2/c1-10-4-3-5-12(11(10)2)17-6-8-18(9-7-17)13-15-16-14(19)20-13/h3-5H,6-9H2,1-2H3,(H,16,19). The van der Waals surface area contributed by atoms with Gasteiger partial charge in [0.05, 0.1) is 0 Å². The van der Waals surface area contributed by atoms with Crippen molar-refractivity contribution in [1.29, 1.82) is 0 Å².